The Balaban J connectivity index is 3.81. The molecule has 0 bridgehead atoms. The Kier molecular flexibility index (Phi) is 5.95. The summed E-state index contributed by atoms with van der Waals surface area (Å²) in [6.45, 7) is 3.33. The predicted molar refractivity (Wildman–Crippen MR) is 53.1 cm³/mol. The second kappa shape index (κ2) is 5.83. The fraction of sp³-hybridized carbons (Fsp3) is 0.833. The van der Waals surface area contributed by atoms with Gasteiger partial charge in [-0.25, -0.2) is 4.79 Å². The lowest BCUT2D eigenvalue weighted by atomic mass is 10.6. The van der Waals surface area contributed by atoms with Gasteiger partial charge in [0, 0.05) is 25.5 Å². The van der Waals surface area contributed by atoms with Gasteiger partial charge in [0.25, 0.3) is 0 Å². The number of carbonyl (C=O) groups excluding carboxylic acids is 1. The maximum atomic E-state index is 11.2. The Bertz CT molecular complexity index is 132. The van der Waals surface area contributed by atoms with Crippen molar-refractivity contribution in [3.8, 4) is 0 Å². The van der Waals surface area contributed by atoms with Crippen LogP contribution in [0.3, 0.4) is 0 Å². The number of rotatable bonds is 3. The molecule has 0 saturated carbocycles. The summed E-state index contributed by atoms with van der Waals surface area (Å²) >= 11 is 6.40. The van der Waals surface area contributed by atoms with Crippen LogP contribution < -0.4 is 0 Å². The van der Waals surface area contributed by atoms with E-state index in [1.807, 2.05) is 6.92 Å². The molecule has 0 saturated heterocycles. The van der Waals surface area contributed by atoms with E-state index in [-0.39, 0.29) is 6.03 Å². The minimum atomic E-state index is -0.00745. The maximum absolute atomic E-state index is 11.2. The molecule has 0 unspecified atom stereocenters. The molecule has 0 rings (SSSR count). The molecular weight excluding hydrogens is 276 g/mol. The maximum Gasteiger partial charge on any atom is 0.329 e. The summed E-state index contributed by atoms with van der Waals surface area (Å²) in [5.74, 6) is 0. The first-order valence-corrected chi connectivity index (χ1v) is 5.21. The third-order valence-corrected chi connectivity index (χ3v) is 2.30. The van der Waals surface area contributed by atoms with Crippen LogP contribution in [0, 0.1) is 0 Å². The van der Waals surface area contributed by atoms with E-state index in [2.05, 4.69) is 32.1 Å². The number of nitrogens with zero attached hydrogens (tertiary/aromatic N) is 2. The Hall–Kier alpha value is 0.230. The molecule has 0 aromatic carbocycles. The van der Waals surface area contributed by atoms with Crippen molar-refractivity contribution in [2.45, 2.75) is 6.92 Å². The second-order valence-electron chi connectivity index (χ2n) is 2.07. The molecule has 0 aliphatic heterocycles. The molecule has 5 heteroatoms. The van der Waals surface area contributed by atoms with Gasteiger partial charge in [0.15, 0.2) is 0 Å². The number of urea groups is 1. The zero-order valence-electron chi connectivity index (χ0n) is 6.68. The molecule has 0 N–H and O–H groups in total. The van der Waals surface area contributed by atoms with Crippen LogP contribution in [0.5, 0.6) is 0 Å². The van der Waals surface area contributed by atoms with Crippen molar-refractivity contribution in [2.75, 3.05) is 25.5 Å². The summed E-state index contributed by atoms with van der Waals surface area (Å²) in [4.78, 5) is 12.9. The third-order valence-electron chi connectivity index (χ3n) is 1.29. The van der Waals surface area contributed by atoms with Crippen LogP contribution in [0.2, 0.25) is 0 Å². The third kappa shape index (κ3) is 3.96. The lowest BCUT2D eigenvalue weighted by Gasteiger charge is -2.20. The number of alkyl halides is 1. The van der Waals surface area contributed by atoms with E-state index in [4.69, 9.17) is 0 Å². The standard InChI is InChI=1S/C6H12Br2N2O/c1-3-9(2)6(11)10(8)5-4-7/h3-5H2,1-2H3. The molecule has 3 nitrogen and oxygen atoms in total. The van der Waals surface area contributed by atoms with E-state index >= 15 is 0 Å². The number of hydrogen-bond donors (Lipinski definition) is 0. The summed E-state index contributed by atoms with van der Waals surface area (Å²) in [5.41, 5.74) is 0. The van der Waals surface area contributed by atoms with Crippen molar-refractivity contribution in [3.05, 3.63) is 0 Å². The smallest absolute Gasteiger partial charge is 0.327 e. The first-order chi connectivity index (χ1) is 5.13. The van der Waals surface area contributed by atoms with Crippen LogP contribution in [-0.4, -0.2) is 40.3 Å². The first-order valence-electron chi connectivity index (χ1n) is 3.37. The minimum Gasteiger partial charge on any atom is -0.327 e. The Labute approximate surface area is 84.2 Å². The summed E-state index contributed by atoms with van der Waals surface area (Å²) < 4.78 is 1.51. The van der Waals surface area contributed by atoms with Gasteiger partial charge in [0.1, 0.15) is 0 Å². The zero-order chi connectivity index (χ0) is 8.85. The highest BCUT2D eigenvalue weighted by Crippen LogP contribution is 2.03. The lowest BCUT2D eigenvalue weighted by Crippen LogP contribution is -2.36. The fourth-order valence-electron chi connectivity index (χ4n) is 0.490. The van der Waals surface area contributed by atoms with Crippen molar-refractivity contribution in [1.29, 1.82) is 0 Å². The van der Waals surface area contributed by atoms with E-state index < -0.39 is 0 Å². The molecule has 2 amide bonds. The Morgan fingerprint density at radius 1 is 1.55 bits per heavy atom. The topological polar surface area (TPSA) is 23.6 Å². The SMILES string of the molecule is CCN(C)C(=O)N(Br)CCBr. The highest BCUT2D eigenvalue weighted by molar-refractivity contribution is 9.09. The van der Waals surface area contributed by atoms with Gasteiger partial charge in [0.2, 0.25) is 0 Å². The molecule has 0 heterocycles. The molecule has 0 atom stereocenters. The van der Waals surface area contributed by atoms with Crippen molar-refractivity contribution in [2.24, 2.45) is 0 Å². The average molecular weight is 288 g/mol. The normalized spacial score (nSPS) is 9.45. The highest BCUT2D eigenvalue weighted by atomic mass is 79.9. The van der Waals surface area contributed by atoms with Crippen molar-refractivity contribution < 1.29 is 4.79 Å². The van der Waals surface area contributed by atoms with Crippen molar-refractivity contribution >= 4 is 38.1 Å². The number of carbonyl (C=O) groups is 1. The number of halogens is 2. The van der Waals surface area contributed by atoms with Crippen LogP contribution >= 0.6 is 32.1 Å². The van der Waals surface area contributed by atoms with Gasteiger partial charge in [-0.2, -0.15) is 0 Å². The van der Waals surface area contributed by atoms with Gasteiger partial charge in [-0.3, -0.25) is 3.93 Å². The van der Waals surface area contributed by atoms with Gasteiger partial charge in [-0.15, -0.1) is 0 Å². The van der Waals surface area contributed by atoms with Crippen molar-refractivity contribution in [1.82, 2.24) is 8.83 Å². The monoisotopic (exact) mass is 286 g/mol. The van der Waals surface area contributed by atoms with E-state index in [0.29, 0.717) is 6.54 Å². The molecule has 0 aliphatic rings. The molecule has 0 aliphatic carbocycles. The molecule has 0 aromatic rings. The van der Waals surface area contributed by atoms with Crippen LogP contribution in [0.15, 0.2) is 0 Å². The van der Waals surface area contributed by atoms with E-state index in [9.17, 15) is 4.79 Å². The highest BCUT2D eigenvalue weighted by Gasteiger charge is 2.12. The predicted octanol–water partition coefficient (Wildman–Crippen LogP) is 2.06. The van der Waals surface area contributed by atoms with E-state index in [1.165, 1.54) is 3.93 Å². The lowest BCUT2D eigenvalue weighted by molar-refractivity contribution is 0.197. The van der Waals surface area contributed by atoms with E-state index in [0.717, 1.165) is 11.9 Å². The number of hydrogen-bond acceptors (Lipinski definition) is 1. The molecule has 0 aromatic heterocycles. The molecule has 11 heavy (non-hydrogen) atoms. The summed E-state index contributed by atoms with van der Waals surface area (Å²) in [6, 6.07) is -0.00745. The quantitative estimate of drug-likeness (QED) is 0.576. The largest absolute Gasteiger partial charge is 0.329 e. The van der Waals surface area contributed by atoms with Crippen LogP contribution in [0.4, 0.5) is 4.79 Å². The van der Waals surface area contributed by atoms with Crippen molar-refractivity contribution in [3.63, 3.8) is 0 Å². The summed E-state index contributed by atoms with van der Waals surface area (Å²) in [5, 5.41) is 0.779. The molecule has 0 radical (unpaired) electrons. The first kappa shape index (κ1) is 11.2. The van der Waals surface area contributed by atoms with Gasteiger partial charge < -0.3 is 4.90 Å². The van der Waals surface area contributed by atoms with Crippen LogP contribution in [-0.2, 0) is 0 Å². The fourth-order valence-corrected chi connectivity index (χ4v) is 1.77. The molecule has 0 fully saturated rings. The summed E-state index contributed by atoms with van der Waals surface area (Å²) in [6.07, 6.45) is 0. The molecule has 0 spiro atoms. The Morgan fingerprint density at radius 2 is 2.09 bits per heavy atom. The minimum absolute atomic E-state index is 0.00745. The zero-order valence-corrected chi connectivity index (χ0v) is 9.85. The second-order valence-corrected chi connectivity index (χ2v) is 3.72. The molecular formula is C6H12Br2N2O. The van der Waals surface area contributed by atoms with Gasteiger partial charge >= 0.3 is 6.03 Å². The van der Waals surface area contributed by atoms with Gasteiger partial charge in [0.05, 0.1) is 16.1 Å². The van der Waals surface area contributed by atoms with Gasteiger partial charge in [-0.05, 0) is 6.92 Å². The van der Waals surface area contributed by atoms with Crippen LogP contribution in [0.25, 0.3) is 0 Å². The molecule has 66 valence electrons. The van der Waals surface area contributed by atoms with Gasteiger partial charge in [-0.1, -0.05) is 15.9 Å². The van der Waals surface area contributed by atoms with E-state index in [1.54, 1.807) is 11.9 Å². The summed E-state index contributed by atoms with van der Waals surface area (Å²) in [7, 11) is 1.77. The number of amides is 2. The Morgan fingerprint density at radius 3 is 2.45 bits per heavy atom. The average Bonchev–Trinajstić information content (AvgIpc) is 2.02. The van der Waals surface area contributed by atoms with Crippen LogP contribution in [0.1, 0.15) is 6.92 Å².